The number of hydrogen-bond donors (Lipinski definition) is 1. The van der Waals surface area contributed by atoms with Gasteiger partial charge >= 0.3 is 6.18 Å². The number of rotatable bonds is 8. The van der Waals surface area contributed by atoms with Crippen LogP contribution < -0.4 is 10.1 Å². The molecule has 1 N–H and O–H groups in total. The van der Waals surface area contributed by atoms with Crippen molar-refractivity contribution in [3.63, 3.8) is 0 Å². The number of amides is 1. The summed E-state index contributed by atoms with van der Waals surface area (Å²) in [6, 6.07) is 13.6. The summed E-state index contributed by atoms with van der Waals surface area (Å²) >= 11 is 6.14. The van der Waals surface area contributed by atoms with Gasteiger partial charge in [0.2, 0.25) is 0 Å². The Morgan fingerprint density at radius 1 is 1.07 bits per heavy atom. The van der Waals surface area contributed by atoms with E-state index in [1.54, 1.807) is 48.7 Å². The highest BCUT2D eigenvalue weighted by Gasteiger charge is 2.27. The van der Waals surface area contributed by atoms with E-state index in [1.165, 1.54) is 0 Å². The van der Waals surface area contributed by atoms with E-state index >= 15 is 0 Å². The van der Waals surface area contributed by atoms with E-state index < -0.39 is 12.8 Å². The lowest BCUT2D eigenvalue weighted by Crippen LogP contribution is -2.28. The van der Waals surface area contributed by atoms with Crippen LogP contribution in [0.5, 0.6) is 5.75 Å². The lowest BCUT2D eigenvalue weighted by atomic mass is 10.1. The molecule has 0 radical (unpaired) electrons. The molecule has 0 aliphatic rings. The van der Waals surface area contributed by atoms with Gasteiger partial charge in [-0.3, -0.25) is 9.78 Å². The minimum absolute atomic E-state index is 0.136. The fourth-order valence-corrected chi connectivity index (χ4v) is 2.88. The van der Waals surface area contributed by atoms with E-state index in [4.69, 9.17) is 16.3 Å². The van der Waals surface area contributed by atoms with Gasteiger partial charge in [0.15, 0.2) is 6.61 Å². The summed E-state index contributed by atoms with van der Waals surface area (Å²) in [7, 11) is 0. The van der Waals surface area contributed by atoms with Crippen molar-refractivity contribution in [3.8, 4) is 5.75 Å². The first kappa shape index (κ1) is 21.9. The zero-order valence-corrected chi connectivity index (χ0v) is 16.5. The monoisotopic (exact) mass is 438 g/mol. The molecule has 0 unspecified atom stereocenters. The topological polar surface area (TPSA) is 60.5 Å². The molecule has 0 aliphatic heterocycles. The predicted octanol–water partition coefficient (Wildman–Crippen LogP) is 4.66. The lowest BCUT2D eigenvalue weighted by Gasteiger charge is -2.11. The number of benzene rings is 2. The quantitative estimate of drug-likeness (QED) is 0.555. The Morgan fingerprint density at radius 3 is 2.53 bits per heavy atom. The minimum Gasteiger partial charge on any atom is -0.481 e. The smallest absolute Gasteiger partial charge is 0.411 e. The molecule has 0 bridgehead atoms. The molecule has 1 heterocycles. The van der Waals surface area contributed by atoms with E-state index in [9.17, 15) is 18.0 Å². The average Bonchev–Trinajstić information content (AvgIpc) is 2.72. The van der Waals surface area contributed by atoms with E-state index in [1.807, 2.05) is 6.07 Å². The van der Waals surface area contributed by atoms with Crippen LogP contribution in [0.3, 0.4) is 0 Å². The maximum Gasteiger partial charge on any atom is 0.411 e. The third-order valence-electron chi connectivity index (χ3n) is 4.09. The van der Waals surface area contributed by atoms with Crippen molar-refractivity contribution in [3.05, 3.63) is 70.9 Å². The zero-order valence-electron chi connectivity index (χ0n) is 15.7. The molecule has 0 aliphatic carbocycles. The molecule has 0 spiro atoms. The third kappa shape index (κ3) is 6.33. The minimum atomic E-state index is -4.35. The Morgan fingerprint density at radius 2 is 1.80 bits per heavy atom. The van der Waals surface area contributed by atoms with Gasteiger partial charge in [0.1, 0.15) is 17.9 Å². The number of aromatic nitrogens is 1. The molecule has 9 heteroatoms. The number of carbonyl (C=O) groups excluding carboxylic acids is 1. The van der Waals surface area contributed by atoms with Crippen LogP contribution in [0.1, 0.15) is 11.1 Å². The summed E-state index contributed by atoms with van der Waals surface area (Å²) in [5.41, 5.74) is 1.97. The van der Waals surface area contributed by atoms with E-state index in [0.717, 1.165) is 10.9 Å². The largest absolute Gasteiger partial charge is 0.481 e. The van der Waals surface area contributed by atoms with Gasteiger partial charge in [-0.15, -0.1) is 0 Å². The highest BCUT2D eigenvalue weighted by molar-refractivity contribution is 6.35. The predicted molar refractivity (Wildman–Crippen MR) is 106 cm³/mol. The number of fused-ring (bicyclic) bond motifs is 1. The molecule has 0 atom stereocenters. The van der Waals surface area contributed by atoms with Gasteiger partial charge in [0.05, 0.1) is 11.6 Å². The summed E-state index contributed by atoms with van der Waals surface area (Å²) < 4.78 is 46.4. The standard InChI is InChI=1S/C21H18ClF3N2O3/c22-17-7-8-18(20-16(17)2-1-9-26-20)30-12-19(28)27-10-14-3-5-15(6-4-14)11-29-13-21(23,24)25/h1-9H,10-13H2,(H,27,28). The lowest BCUT2D eigenvalue weighted by molar-refractivity contribution is -0.176. The summed E-state index contributed by atoms with van der Waals surface area (Å²) in [6.07, 6.45) is -2.73. The van der Waals surface area contributed by atoms with Gasteiger partial charge < -0.3 is 14.8 Å². The Hall–Kier alpha value is -2.84. The summed E-state index contributed by atoms with van der Waals surface area (Å²) in [6.45, 7) is -1.37. The fourth-order valence-electron chi connectivity index (χ4n) is 2.66. The molecule has 5 nitrogen and oxygen atoms in total. The van der Waals surface area contributed by atoms with Crippen molar-refractivity contribution in [2.45, 2.75) is 19.3 Å². The van der Waals surface area contributed by atoms with Gasteiger partial charge in [0, 0.05) is 18.1 Å². The maximum absolute atomic E-state index is 12.1. The van der Waals surface area contributed by atoms with Gasteiger partial charge in [-0.05, 0) is 35.4 Å². The summed E-state index contributed by atoms with van der Waals surface area (Å²) in [5.74, 6) is 0.125. The molecule has 0 saturated heterocycles. The molecule has 0 fully saturated rings. The summed E-state index contributed by atoms with van der Waals surface area (Å²) in [4.78, 5) is 16.3. The normalized spacial score (nSPS) is 11.5. The van der Waals surface area contributed by atoms with Crippen molar-refractivity contribution >= 4 is 28.4 Å². The first-order valence-electron chi connectivity index (χ1n) is 8.97. The number of nitrogens with zero attached hydrogens (tertiary/aromatic N) is 1. The van der Waals surface area contributed by atoms with E-state index in [-0.39, 0.29) is 25.7 Å². The van der Waals surface area contributed by atoms with Crippen LogP contribution in [0, 0.1) is 0 Å². The average molecular weight is 439 g/mol. The van der Waals surface area contributed by atoms with Crippen LogP contribution >= 0.6 is 11.6 Å². The van der Waals surface area contributed by atoms with Gasteiger partial charge in [-0.1, -0.05) is 35.9 Å². The number of carbonyl (C=O) groups is 1. The second-order valence-electron chi connectivity index (χ2n) is 6.43. The number of hydrogen-bond acceptors (Lipinski definition) is 4. The van der Waals surface area contributed by atoms with Crippen molar-refractivity contribution in [2.75, 3.05) is 13.2 Å². The first-order valence-corrected chi connectivity index (χ1v) is 9.35. The Bertz CT molecular complexity index is 1010. The number of alkyl halides is 3. The second kappa shape index (κ2) is 9.77. The Balaban J connectivity index is 1.47. The summed E-state index contributed by atoms with van der Waals surface area (Å²) in [5, 5.41) is 4.00. The number of ether oxygens (including phenoxy) is 2. The molecule has 3 rings (SSSR count). The van der Waals surface area contributed by atoms with Crippen molar-refractivity contribution in [2.24, 2.45) is 0 Å². The SMILES string of the molecule is O=C(COc1ccc(Cl)c2cccnc12)NCc1ccc(COCC(F)(F)F)cc1. The highest BCUT2D eigenvalue weighted by Crippen LogP contribution is 2.29. The van der Waals surface area contributed by atoms with E-state index in [0.29, 0.717) is 21.9 Å². The van der Waals surface area contributed by atoms with Gasteiger partial charge in [-0.25, -0.2) is 0 Å². The second-order valence-corrected chi connectivity index (χ2v) is 6.84. The Kier molecular flexibility index (Phi) is 7.12. The van der Waals surface area contributed by atoms with Crippen LogP contribution in [-0.4, -0.2) is 30.3 Å². The molecule has 0 saturated carbocycles. The maximum atomic E-state index is 12.1. The van der Waals surface area contributed by atoms with Crippen LogP contribution in [0.2, 0.25) is 5.02 Å². The number of nitrogens with one attached hydrogen (secondary N) is 1. The van der Waals surface area contributed by atoms with Crippen molar-refractivity contribution in [1.29, 1.82) is 0 Å². The molecule has 3 aromatic rings. The molecule has 1 amide bonds. The number of pyridine rings is 1. The fraction of sp³-hybridized carbons (Fsp3) is 0.238. The van der Waals surface area contributed by atoms with Gasteiger partial charge in [-0.2, -0.15) is 13.2 Å². The van der Waals surface area contributed by atoms with E-state index in [2.05, 4.69) is 15.0 Å². The first-order chi connectivity index (χ1) is 14.3. The van der Waals surface area contributed by atoms with Gasteiger partial charge in [0.25, 0.3) is 5.91 Å². The van der Waals surface area contributed by atoms with Crippen molar-refractivity contribution < 1.29 is 27.4 Å². The molecule has 158 valence electrons. The van der Waals surface area contributed by atoms with Crippen LogP contribution in [0.15, 0.2) is 54.7 Å². The van der Waals surface area contributed by atoms with Crippen molar-refractivity contribution in [1.82, 2.24) is 10.3 Å². The highest BCUT2D eigenvalue weighted by atomic mass is 35.5. The van der Waals surface area contributed by atoms with Crippen LogP contribution in [0.25, 0.3) is 10.9 Å². The zero-order chi connectivity index (χ0) is 21.6. The Labute approximate surface area is 175 Å². The third-order valence-corrected chi connectivity index (χ3v) is 4.41. The number of halogens is 4. The molecular formula is C21H18ClF3N2O3. The molecular weight excluding hydrogens is 421 g/mol. The molecule has 1 aromatic heterocycles. The molecule has 2 aromatic carbocycles. The molecule has 30 heavy (non-hydrogen) atoms. The van der Waals surface area contributed by atoms with Crippen LogP contribution in [-0.2, 0) is 22.7 Å². The van der Waals surface area contributed by atoms with Crippen LogP contribution in [0.4, 0.5) is 13.2 Å².